The summed E-state index contributed by atoms with van der Waals surface area (Å²) in [6.07, 6.45) is 0. The van der Waals surface area contributed by atoms with Gasteiger partial charge in [-0.05, 0) is 44.0 Å². The number of likely N-dealkylation sites (tertiary alicyclic amines) is 1. The predicted octanol–water partition coefficient (Wildman–Crippen LogP) is 2.58. The molecule has 0 saturated carbocycles. The maximum Gasteiger partial charge on any atom is 0.329 e. The number of nitriles is 1. The minimum absolute atomic E-state index is 0.386. The Balaban J connectivity index is 1.94. The molecule has 2 saturated heterocycles. The lowest BCUT2D eigenvalue weighted by atomic mass is 9.75. The highest BCUT2D eigenvalue weighted by Gasteiger charge is 2.70. The van der Waals surface area contributed by atoms with E-state index in [1.54, 1.807) is 75.4 Å². The third-order valence-electron chi connectivity index (χ3n) is 6.20. The van der Waals surface area contributed by atoms with E-state index in [0.29, 0.717) is 16.7 Å². The van der Waals surface area contributed by atoms with E-state index in [1.165, 1.54) is 4.90 Å². The minimum Gasteiger partial charge on any atom is -0.480 e. The van der Waals surface area contributed by atoms with Gasteiger partial charge in [0, 0.05) is 11.6 Å². The van der Waals surface area contributed by atoms with Gasteiger partial charge in [-0.2, -0.15) is 5.26 Å². The van der Waals surface area contributed by atoms with E-state index in [1.807, 2.05) is 0 Å². The molecule has 7 nitrogen and oxygen atoms in total. The SMILES string of the molecule is CC(C)(C)N1C(=O)C2C(c3ccc(C#N)cc3)NC(C(=O)O)(c3ccccc3)C2C1=O. The second-order valence-corrected chi connectivity index (χ2v) is 9.02. The van der Waals surface area contributed by atoms with Crippen LogP contribution in [0.5, 0.6) is 0 Å². The molecule has 4 rings (SSSR count). The molecule has 7 heteroatoms. The van der Waals surface area contributed by atoms with E-state index in [0.717, 1.165) is 0 Å². The van der Waals surface area contributed by atoms with Gasteiger partial charge in [0.15, 0.2) is 5.54 Å². The summed E-state index contributed by atoms with van der Waals surface area (Å²) in [5.41, 5.74) is -1.00. The zero-order valence-electron chi connectivity index (χ0n) is 17.5. The van der Waals surface area contributed by atoms with Crippen LogP contribution in [-0.2, 0) is 19.9 Å². The molecule has 2 aromatic rings. The fraction of sp³-hybridized carbons (Fsp3) is 0.333. The maximum absolute atomic E-state index is 13.6. The first kappa shape index (κ1) is 20.8. The lowest BCUT2D eigenvalue weighted by Crippen LogP contribution is -2.55. The van der Waals surface area contributed by atoms with Crippen LogP contribution in [0.15, 0.2) is 54.6 Å². The van der Waals surface area contributed by atoms with Gasteiger partial charge in [0.25, 0.3) is 0 Å². The molecule has 0 aromatic heterocycles. The number of amides is 2. The van der Waals surface area contributed by atoms with Crippen molar-refractivity contribution in [2.45, 2.75) is 37.9 Å². The number of hydrogen-bond donors (Lipinski definition) is 2. The van der Waals surface area contributed by atoms with Crippen LogP contribution in [0.3, 0.4) is 0 Å². The number of fused-ring (bicyclic) bond motifs is 1. The second kappa shape index (κ2) is 7.03. The highest BCUT2D eigenvalue weighted by Crippen LogP contribution is 2.54. The quantitative estimate of drug-likeness (QED) is 0.743. The summed E-state index contributed by atoms with van der Waals surface area (Å²) >= 11 is 0. The molecule has 4 atom stereocenters. The normalized spacial score (nSPS) is 27.8. The van der Waals surface area contributed by atoms with E-state index in [2.05, 4.69) is 11.4 Å². The monoisotopic (exact) mass is 417 g/mol. The van der Waals surface area contributed by atoms with Crippen LogP contribution in [-0.4, -0.2) is 33.3 Å². The van der Waals surface area contributed by atoms with Gasteiger partial charge in [0.05, 0.1) is 23.5 Å². The maximum atomic E-state index is 13.6. The molecule has 2 amide bonds. The van der Waals surface area contributed by atoms with Gasteiger partial charge in [-0.3, -0.25) is 19.8 Å². The van der Waals surface area contributed by atoms with E-state index < -0.39 is 40.8 Å². The van der Waals surface area contributed by atoms with Crippen LogP contribution in [0.1, 0.15) is 43.5 Å². The van der Waals surface area contributed by atoms with Crippen molar-refractivity contribution >= 4 is 17.8 Å². The average Bonchev–Trinajstić information content (AvgIpc) is 3.23. The van der Waals surface area contributed by atoms with Gasteiger partial charge in [0.2, 0.25) is 11.8 Å². The van der Waals surface area contributed by atoms with Crippen LogP contribution < -0.4 is 5.32 Å². The molecule has 0 aliphatic carbocycles. The third-order valence-corrected chi connectivity index (χ3v) is 6.20. The second-order valence-electron chi connectivity index (χ2n) is 9.02. The Labute approximate surface area is 180 Å². The van der Waals surface area contributed by atoms with Crippen molar-refractivity contribution in [3.63, 3.8) is 0 Å². The Kier molecular flexibility index (Phi) is 4.71. The lowest BCUT2D eigenvalue weighted by molar-refractivity contribution is -0.154. The predicted molar refractivity (Wildman–Crippen MR) is 111 cm³/mol. The Morgan fingerprint density at radius 2 is 1.68 bits per heavy atom. The molecular weight excluding hydrogens is 394 g/mol. The smallest absolute Gasteiger partial charge is 0.329 e. The highest BCUT2D eigenvalue weighted by atomic mass is 16.4. The number of rotatable bonds is 3. The van der Waals surface area contributed by atoms with Crippen LogP contribution >= 0.6 is 0 Å². The van der Waals surface area contributed by atoms with Crippen molar-refractivity contribution in [2.24, 2.45) is 11.8 Å². The van der Waals surface area contributed by atoms with Crippen molar-refractivity contribution in [1.29, 1.82) is 5.26 Å². The standard InChI is InChI=1S/C24H23N3O4/c1-23(2,3)27-20(28)17-18(21(27)29)24(22(30)31,16-7-5-4-6-8-16)26-19(17)15-11-9-14(13-25)10-12-15/h4-12,17-19,26H,1-3H3,(H,30,31). The van der Waals surface area contributed by atoms with Crippen molar-refractivity contribution in [1.82, 2.24) is 10.2 Å². The number of carboxylic acid groups (broad SMARTS) is 1. The van der Waals surface area contributed by atoms with Gasteiger partial charge in [-0.15, -0.1) is 0 Å². The fourth-order valence-electron chi connectivity index (χ4n) is 4.91. The first-order valence-electron chi connectivity index (χ1n) is 10.1. The molecule has 2 aliphatic rings. The molecular formula is C24H23N3O4. The van der Waals surface area contributed by atoms with E-state index >= 15 is 0 Å². The Morgan fingerprint density at radius 1 is 1.06 bits per heavy atom. The van der Waals surface area contributed by atoms with E-state index in [-0.39, 0.29) is 5.91 Å². The molecule has 0 spiro atoms. The van der Waals surface area contributed by atoms with Crippen LogP contribution in [0.4, 0.5) is 0 Å². The molecule has 0 radical (unpaired) electrons. The number of carboxylic acids is 1. The number of hydrogen-bond acceptors (Lipinski definition) is 5. The first-order chi connectivity index (χ1) is 14.6. The van der Waals surface area contributed by atoms with Gasteiger partial charge in [-0.1, -0.05) is 42.5 Å². The van der Waals surface area contributed by atoms with Crippen molar-refractivity contribution in [3.05, 3.63) is 71.3 Å². The Hall–Kier alpha value is -3.50. The number of nitrogens with one attached hydrogen (secondary N) is 1. The van der Waals surface area contributed by atoms with Crippen molar-refractivity contribution in [3.8, 4) is 6.07 Å². The molecule has 2 fully saturated rings. The van der Waals surface area contributed by atoms with Gasteiger partial charge in [-0.25, -0.2) is 4.79 Å². The number of benzene rings is 2. The molecule has 2 N–H and O–H groups in total. The number of carbonyl (C=O) groups excluding carboxylic acids is 2. The topological polar surface area (TPSA) is 110 Å². The largest absolute Gasteiger partial charge is 0.480 e. The lowest BCUT2D eigenvalue weighted by Gasteiger charge is -2.35. The van der Waals surface area contributed by atoms with E-state index in [4.69, 9.17) is 5.26 Å². The summed E-state index contributed by atoms with van der Waals surface area (Å²) in [5.74, 6) is -4.06. The van der Waals surface area contributed by atoms with Crippen molar-refractivity contribution in [2.75, 3.05) is 0 Å². The van der Waals surface area contributed by atoms with Gasteiger partial charge in [0.1, 0.15) is 0 Å². The van der Waals surface area contributed by atoms with Gasteiger partial charge < -0.3 is 5.11 Å². The number of imide groups is 1. The summed E-state index contributed by atoms with van der Waals surface area (Å²) in [7, 11) is 0. The van der Waals surface area contributed by atoms with E-state index in [9.17, 15) is 19.5 Å². The third kappa shape index (κ3) is 2.94. The molecule has 0 bridgehead atoms. The Bertz CT molecular complexity index is 1100. The average molecular weight is 417 g/mol. The first-order valence-corrected chi connectivity index (χ1v) is 10.1. The molecule has 158 valence electrons. The zero-order chi connectivity index (χ0) is 22.6. The molecule has 4 unspecified atom stereocenters. The Morgan fingerprint density at radius 3 is 2.19 bits per heavy atom. The summed E-state index contributed by atoms with van der Waals surface area (Å²) in [4.78, 5) is 41.1. The van der Waals surface area contributed by atoms with Crippen LogP contribution in [0.25, 0.3) is 0 Å². The summed E-state index contributed by atoms with van der Waals surface area (Å²) in [5, 5.41) is 22.7. The van der Waals surface area contributed by atoms with Crippen LogP contribution in [0, 0.1) is 23.2 Å². The molecule has 31 heavy (non-hydrogen) atoms. The number of aliphatic carboxylic acids is 1. The fourth-order valence-corrected chi connectivity index (χ4v) is 4.91. The minimum atomic E-state index is -1.75. The molecule has 2 aromatic carbocycles. The summed E-state index contributed by atoms with van der Waals surface area (Å²) < 4.78 is 0. The summed E-state index contributed by atoms with van der Waals surface area (Å²) in [6.45, 7) is 5.29. The number of carbonyl (C=O) groups is 3. The van der Waals surface area contributed by atoms with Crippen LogP contribution in [0.2, 0.25) is 0 Å². The molecule has 2 aliphatic heterocycles. The van der Waals surface area contributed by atoms with Gasteiger partial charge >= 0.3 is 5.97 Å². The van der Waals surface area contributed by atoms with Crippen molar-refractivity contribution < 1.29 is 19.5 Å². The zero-order valence-corrected chi connectivity index (χ0v) is 17.5. The highest BCUT2D eigenvalue weighted by molar-refractivity contribution is 6.10. The molecule has 2 heterocycles. The number of nitrogens with zero attached hydrogens (tertiary/aromatic N) is 2. The summed E-state index contributed by atoms with van der Waals surface area (Å²) in [6, 6.07) is 16.5.